The van der Waals surface area contributed by atoms with Gasteiger partial charge in [0.2, 0.25) is 0 Å². The molecule has 0 N–H and O–H groups in total. The number of rotatable bonds is 10. The molecule has 3 aromatic carbocycles. The highest BCUT2D eigenvalue weighted by Gasteiger charge is 2.31. The highest BCUT2D eigenvalue weighted by atomic mass is 32.2. The summed E-state index contributed by atoms with van der Waals surface area (Å²) in [5.74, 6) is 1.46. The van der Waals surface area contributed by atoms with Gasteiger partial charge in [-0.2, -0.15) is 0 Å². The monoisotopic (exact) mass is 528 g/mol. The highest BCUT2D eigenvalue weighted by Crippen LogP contribution is 2.34. The van der Waals surface area contributed by atoms with Crippen LogP contribution in [0.5, 0.6) is 11.5 Å². The molecule has 0 unspecified atom stereocenters. The third-order valence-corrected chi connectivity index (χ3v) is 7.69. The molecule has 0 aliphatic carbocycles. The van der Waals surface area contributed by atoms with Gasteiger partial charge in [-0.1, -0.05) is 84.6 Å². The van der Waals surface area contributed by atoms with Crippen LogP contribution in [0.25, 0.3) is 17.0 Å². The molecule has 37 heavy (non-hydrogen) atoms. The first-order valence-corrected chi connectivity index (χ1v) is 13.5. The summed E-state index contributed by atoms with van der Waals surface area (Å²) in [6.07, 6.45) is 5.70. The molecule has 5 rings (SSSR count). The minimum Gasteiger partial charge on any atom is -0.493 e. The van der Waals surface area contributed by atoms with Crippen LogP contribution in [0.15, 0.2) is 90.0 Å². The van der Waals surface area contributed by atoms with E-state index in [2.05, 4.69) is 35.0 Å². The minimum absolute atomic E-state index is 0.0204. The number of fused-ring (bicyclic) bond motifs is 1. The summed E-state index contributed by atoms with van der Waals surface area (Å²) in [5, 5.41) is 1.11. The van der Waals surface area contributed by atoms with E-state index < -0.39 is 0 Å². The molecule has 0 radical (unpaired) electrons. The van der Waals surface area contributed by atoms with Gasteiger partial charge in [-0.25, -0.2) is 0 Å². The Morgan fingerprint density at radius 1 is 0.919 bits per heavy atom. The molecule has 0 bridgehead atoms. The molecule has 1 aliphatic rings. The molecule has 5 nitrogen and oxygen atoms in total. The Morgan fingerprint density at radius 3 is 2.46 bits per heavy atom. The second-order valence-corrected chi connectivity index (χ2v) is 10.4. The lowest BCUT2D eigenvalue weighted by molar-refractivity contribution is -0.122. The Bertz CT molecular complexity index is 1450. The van der Waals surface area contributed by atoms with Gasteiger partial charge in [0.15, 0.2) is 11.5 Å². The zero-order valence-corrected chi connectivity index (χ0v) is 22.3. The smallest absolute Gasteiger partial charge is 0.266 e. The summed E-state index contributed by atoms with van der Waals surface area (Å²) in [6.45, 7) is 1.95. The predicted molar refractivity (Wildman–Crippen MR) is 155 cm³/mol. The molecule has 2 heterocycles. The Labute approximate surface area is 226 Å². The molecule has 1 saturated heterocycles. The van der Waals surface area contributed by atoms with Crippen molar-refractivity contribution in [2.75, 3.05) is 20.3 Å². The van der Waals surface area contributed by atoms with Crippen LogP contribution in [-0.4, -0.2) is 40.0 Å². The summed E-state index contributed by atoms with van der Waals surface area (Å²) >= 11 is 6.94. The summed E-state index contributed by atoms with van der Waals surface area (Å²) in [6, 6.07) is 26.1. The average molecular weight is 529 g/mol. The lowest BCUT2D eigenvalue weighted by atomic mass is 10.1. The van der Waals surface area contributed by atoms with Crippen molar-refractivity contribution in [1.82, 2.24) is 9.47 Å². The fourth-order valence-corrected chi connectivity index (χ4v) is 5.75. The van der Waals surface area contributed by atoms with Crippen LogP contribution in [0.4, 0.5) is 0 Å². The molecule has 1 aromatic heterocycles. The summed E-state index contributed by atoms with van der Waals surface area (Å²) < 4.78 is 14.2. The maximum absolute atomic E-state index is 13.2. The van der Waals surface area contributed by atoms with Crippen molar-refractivity contribution in [3.8, 4) is 11.5 Å². The molecule has 0 atom stereocenters. The summed E-state index contributed by atoms with van der Waals surface area (Å²) in [4.78, 5) is 15.6. The minimum atomic E-state index is -0.0204. The summed E-state index contributed by atoms with van der Waals surface area (Å²) in [7, 11) is 1.65. The second-order valence-electron chi connectivity index (χ2n) is 8.72. The lowest BCUT2D eigenvalue weighted by Crippen LogP contribution is -2.30. The number of nitrogens with zero attached hydrogens (tertiary/aromatic N) is 2. The number of carbonyl (C=O) groups excluding carboxylic acids is 1. The quantitative estimate of drug-likeness (QED) is 0.132. The lowest BCUT2D eigenvalue weighted by Gasteiger charge is -2.14. The van der Waals surface area contributed by atoms with Crippen molar-refractivity contribution < 1.29 is 14.3 Å². The normalized spacial score (nSPS) is 14.6. The molecule has 7 heteroatoms. The van der Waals surface area contributed by atoms with E-state index in [1.54, 1.807) is 12.0 Å². The Balaban J connectivity index is 1.28. The van der Waals surface area contributed by atoms with E-state index in [1.165, 1.54) is 17.3 Å². The fraction of sp³-hybridized carbons (Fsp3) is 0.200. The van der Waals surface area contributed by atoms with Crippen LogP contribution in [0.1, 0.15) is 17.5 Å². The van der Waals surface area contributed by atoms with Crippen molar-refractivity contribution in [3.63, 3.8) is 0 Å². The molecule has 1 fully saturated rings. The molecular formula is C30H28N2O3S2. The van der Waals surface area contributed by atoms with Gasteiger partial charge >= 0.3 is 0 Å². The number of hydrogen-bond donors (Lipinski definition) is 0. The van der Waals surface area contributed by atoms with E-state index in [1.807, 2.05) is 60.7 Å². The number of hydrogen-bond acceptors (Lipinski definition) is 5. The molecular weight excluding hydrogens is 500 g/mol. The number of amides is 1. The maximum atomic E-state index is 13.2. The molecule has 0 spiro atoms. The summed E-state index contributed by atoms with van der Waals surface area (Å²) in [5.41, 5.74) is 3.34. The molecule has 4 aromatic rings. The first-order valence-electron chi connectivity index (χ1n) is 12.3. The second kappa shape index (κ2) is 11.7. The van der Waals surface area contributed by atoms with Gasteiger partial charge in [0.25, 0.3) is 5.91 Å². The van der Waals surface area contributed by atoms with Crippen LogP contribution < -0.4 is 9.47 Å². The van der Waals surface area contributed by atoms with E-state index in [0.29, 0.717) is 22.4 Å². The number of aryl methyl sites for hydroxylation is 1. The van der Waals surface area contributed by atoms with E-state index in [0.717, 1.165) is 47.4 Å². The van der Waals surface area contributed by atoms with E-state index in [9.17, 15) is 4.79 Å². The Kier molecular flexibility index (Phi) is 7.92. The van der Waals surface area contributed by atoms with Gasteiger partial charge in [-0.3, -0.25) is 9.69 Å². The number of para-hydroxylation sites is 3. The first kappa shape index (κ1) is 25.1. The van der Waals surface area contributed by atoms with Gasteiger partial charge in [-0.15, -0.1) is 0 Å². The number of benzene rings is 3. The van der Waals surface area contributed by atoms with Crippen LogP contribution in [-0.2, 0) is 17.8 Å². The SMILES string of the molecule is COc1ccccc1OCCCn1cc(/C=C2\SC(=S)N(CCc3ccccc3)C2=O)c2ccccc21. The number of ether oxygens (including phenoxy) is 2. The van der Waals surface area contributed by atoms with Crippen molar-refractivity contribution >= 4 is 51.2 Å². The predicted octanol–water partition coefficient (Wildman–Crippen LogP) is 6.56. The zero-order chi connectivity index (χ0) is 25.6. The maximum Gasteiger partial charge on any atom is 0.266 e. The van der Waals surface area contributed by atoms with Crippen molar-refractivity contribution in [3.05, 3.63) is 101 Å². The van der Waals surface area contributed by atoms with Gasteiger partial charge < -0.3 is 14.0 Å². The number of thiocarbonyl (C=S) groups is 1. The number of thioether (sulfide) groups is 1. The zero-order valence-electron chi connectivity index (χ0n) is 20.6. The Morgan fingerprint density at radius 2 is 1.65 bits per heavy atom. The fourth-order valence-electron chi connectivity index (χ4n) is 4.45. The topological polar surface area (TPSA) is 43.7 Å². The van der Waals surface area contributed by atoms with Gasteiger partial charge in [-0.05, 0) is 42.7 Å². The Hall–Kier alpha value is -3.55. The first-order chi connectivity index (χ1) is 18.1. The van der Waals surface area contributed by atoms with Crippen LogP contribution in [0, 0.1) is 0 Å². The van der Waals surface area contributed by atoms with E-state index in [4.69, 9.17) is 21.7 Å². The largest absolute Gasteiger partial charge is 0.493 e. The van der Waals surface area contributed by atoms with Crippen molar-refractivity contribution in [1.29, 1.82) is 0 Å². The third-order valence-electron chi connectivity index (χ3n) is 6.32. The van der Waals surface area contributed by atoms with Gasteiger partial charge in [0.1, 0.15) is 4.32 Å². The molecule has 0 saturated carbocycles. The number of methoxy groups -OCH3 is 1. The third kappa shape index (κ3) is 5.73. The van der Waals surface area contributed by atoms with E-state index in [-0.39, 0.29) is 5.91 Å². The highest BCUT2D eigenvalue weighted by molar-refractivity contribution is 8.26. The van der Waals surface area contributed by atoms with Crippen molar-refractivity contribution in [2.45, 2.75) is 19.4 Å². The molecule has 188 valence electrons. The van der Waals surface area contributed by atoms with Crippen LogP contribution >= 0.6 is 24.0 Å². The van der Waals surface area contributed by atoms with Gasteiger partial charge in [0, 0.05) is 35.8 Å². The number of aromatic nitrogens is 1. The average Bonchev–Trinajstić information content (AvgIpc) is 3.42. The van der Waals surface area contributed by atoms with Crippen molar-refractivity contribution in [2.24, 2.45) is 0 Å². The molecule has 1 amide bonds. The van der Waals surface area contributed by atoms with Crippen LogP contribution in [0.2, 0.25) is 0 Å². The van der Waals surface area contributed by atoms with E-state index >= 15 is 0 Å². The van der Waals surface area contributed by atoms with Crippen LogP contribution in [0.3, 0.4) is 0 Å². The molecule has 1 aliphatic heterocycles. The van der Waals surface area contributed by atoms with Gasteiger partial charge in [0.05, 0.1) is 18.6 Å². The standard InChI is InChI=1S/C30H28N2O3S2/c1-34-26-14-7-8-15-27(26)35-19-9-17-31-21-23(24-12-5-6-13-25(24)31)20-28-29(33)32(30(36)37-28)18-16-22-10-3-2-4-11-22/h2-8,10-15,20-21H,9,16-19H2,1H3/b28-20-. The number of carbonyl (C=O) groups is 1.